The molecule has 136 valence electrons. The quantitative estimate of drug-likeness (QED) is 0.370. The van der Waals surface area contributed by atoms with Crippen molar-refractivity contribution in [1.29, 1.82) is 0 Å². The van der Waals surface area contributed by atoms with Crippen LogP contribution < -0.4 is 4.89 Å². The predicted octanol–water partition coefficient (Wildman–Crippen LogP) is 4.10. The number of benzene rings is 3. The molecule has 3 aromatic carbocycles. The minimum absolute atomic E-state index is 0.244. The van der Waals surface area contributed by atoms with E-state index >= 15 is 0 Å². The first-order valence-electron chi connectivity index (χ1n) is 8.84. The van der Waals surface area contributed by atoms with Gasteiger partial charge in [0, 0.05) is 16.7 Å². The number of ether oxygens (including phenoxy) is 1. The average molecular weight is 376 g/mol. The number of rotatable bonds is 6. The van der Waals surface area contributed by atoms with Crippen molar-refractivity contribution in [3.05, 3.63) is 108 Å². The molecule has 0 aliphatic heterocycles. The molecule has 0 N–H and O–H groups in total. The van der Waals surface area contributed by atoms with Crippen molar-refractivity contribution in [2.75, 3.05) is 6.61 Å². The van der Waals surface area contributed by atoms with Gasteiger partial charge in [-0.2, -0.15) is 0 Å². The van der Waals surface area contributed by atoms with Crippen LogP contribution in [0.25, 0.3) is 0 Å². The fourth-order valence-electron chi connectivity index (χ4n) is 3.29. The van der Waals surface area contributed by atoms with Crippen molar-refractivity contribution in [3.63, 3.8) is 0 Å². The van der Waals surface area contributed by atoms with E-state index in [2.05, 4.69) is 0 Å². The number of hydrogen-bond donors (Lipinski definition) is 0. The van der Waals surface area contributed by atoms with Crippen molar-refractivity contribution < 1.29 is 14.4 Å². The molecule has 0 aliphatic rings. The molecule has 0 bridgehead atoms. The Kier molecular flexibility index (Phi) is 6.18. The summed E-state index contributed by atoms with van der Waals surface area (Å²) in [5, 5.41) is -0.980. The molecule has 0 aromatic heterocycles. The minimum atomic E-state index is -2.16. The first kappa shape index (κ1) is 19.0. The third kappa shape index (κ3) is 3.85. The fourth-order valence-corrected chi connectivity index (χ4v) is 4.96. The Morgan fingerprint density at radius 3 is 1.56 bits per heavy atom. The third-order valence-electron chi connectivity index (χ3n) is 4.41. The van der Waals surface area contributed by atoms with Crippen LogP contribution in [0, 0.1) is 0 Å². The van der Waals surface area contributed by atoms with Gasteiger partial charge in [0.1, 0.15) is 0 Å². The molecule has 0 fully saturated rings. The molecule has 1 unspecified atom stereocenters. The van der Waals surface area contributed by atoms with Crippen LogP contribution in [0.5, 0.6) is 0 Å². The number of carbonyl (C=O) groups is 1. The highest BCUT2D eigenvalue weighted by molar-refractivity contribution is 7.53. The molecule has 27 heavy (non-hydrogen) atoms. The first-order chi connectivity index (χ1) is 13.2. The van der Waals surface area contributed by atoms with Gasteiger partial charge in [0.2, 0.25) is 0 Å². The lowest BCUT2D eigenvalue weighted by Crippen LogP contribution is -2.30. The standard InChI is InChI=1S/C23H21O3P/c1-2-26-22(24)18-27(25)23(19-12-6-3-7-13-19,20-14-8-4-9-15-20)21-16-10-5-11-17-21/h3-18H,2H2,1H3. The molecule has 0 saturated carbocycles. The van der Waals surface area contributed by atoms with Crippen molar-refractivity contribution in [1.82, 2.24) is 0 Å². The maximum atomic E-state index is 13.7. The van der Waals surface area contributed by atoms with Crippen molar-refractivity contribution in [3.8, 4) is 0 Å². The summed E-state index contributed by atoms with van der Waals surface area (Å²) in [5.74, 6) is 0.650. The summed E-state index contributed by atoms with van der Waals surface area (Å²) < 4.78 is 5.04. The van der Waals surface area contributed by atoms with E-state index in [9.17, 15) is 9.69 Å². The fraction of sp³-hybridized carbons (Fsp3) is 0.130. The zero-order valence-electron chi connectivity index (χ0n) is 15.1. The smallest absolute Gasteiger partial charge is 0.373 e. The Morgan fingerprint density at radius 1 is 0.852 bits per heavy atom. The van der Waals surface area contributed by atoms with Crippen molar-refractivity contribution >= 4 is 19.5 Å². The van der Waals surface area contributed by atoms with Crippen LogP contribution in [0.3, 0.4) is 0 Å². The topological polar surface area (TPSA) is 49.4 Å². The molecule has 0 amide bonds. The maximum absolute atomic E-state index is 13.7. The van der Waals surface area contributed by atoms with Gasteiger partial charge in [0.05, 0.1) is 14.4 Å². The van der Waals surface area contributed by atoms with E-state index in [1.165, 1.54) is 5.80 Å². The molecule has 0 saturated heterocycles. The van der Waals surface area contributed by atoms with E-state index in [4.69, 9.17) is 4.74 Å². The van der Waals surface area contributed by atoms with E-state index in [1.807, 2.05) is 91.0 Å². The predicted molar refractivity (Wildman–Crippen MR) is 109 cm³/mol. The second-order valence-corrected chi connectivity index (χ2v) is 7.60. The third-order valence-corrected chi connectivity index (χ3v) is 6.30. The Morgan fingerprint density at radius 2 is 1.22 bits per heavy atom. The summed E-state index contributed by atoms with van der Waals surface area (Å²) >= 11 is 0. The first-order valence-corrected chi connectivity index (χ1v) is 10.2. The van der Waals surface area contributed by atoms with E-state index < -0.39 is 18.9 Å². The zero-order valence-corrected chi connectivity index (χ0v) is 16.0. The SMILES string of the molecule is CCOC(=O)C=[P+]([O-])C(c1ccccc1)(c1ccccc1)c1ccccc1. The molecular weight excluding hydrogens is 355 g/mol. The number of hydrogen-bond acceptors (Lipinski definition) is 3. The van der Waals surface area contributed by atoms with Crippen LogP contribution in [0.15, 0.2) is 91.0 Å². The lowest BCUT2D eigenvalue weighted by Gasteiger charge is -2.31. The molecule has 3 rings (SSSR count). The van der Waals surface area contributed by atoms with E-state index in [0.717, 1.165) is 16.7 Å². The van der Waals surface area contributed by atoms with Crippen LogP contribution >= 0.6 is 7.77 Å². The minimum Gasteiger partial charge on any atom is -0.629 e. The van der Waals surface area contributed by atoms with Gasteiger partial charge in [-0.3, -0.25) is 0 Å². The van der Waals surface area contributed by atoms with E-state index in [0.29, 0.717) is 0 Å². The largest absolute Gasteiger partial charge is 0.629 e. The summed E-state index contributed by atoms with van der Waals surface area (Å²) in [6, 6.07) is 29.0. The van der Waals surface area contributed by atoms with Crippen molar-refractivity contribution in [2.24, 2.45) is 0 Å². The highest BCUT2D eigenvalue weighted by Gasteiger charge is 2.45. The van der Waals surface area contributed by atoms with E-state index in [1.54, 1.807) is 6.92 Å². The normalized spacial score (nSPS) is 11.9. The van der Waals surface area contributed by atoms with Crippen LogP contribution in [0.4, 0.5) is 0 Å². The monoisotopic (exact) mass is 376 g/mol. The van der Waals surface area contributed by atoms with Crippen LogP contribution in [0.2, 0.25) is 0 Å². The number of carbonyl (C=O) groups excluding carboxylic acids is 1. The van der Waals surface area contributed by atoms with Gasteiger partial charge in [-0.1, -0.05) is 91.0 Å². The van der Waals surface area contributed by atoms with Crippen LogP contribution in [-0.2, 0) is 14.7 Å². The Hall–Kier alpha value is -2.74. The highest BCUT2D eigenvalue weighted by Crippen LogP contribution is 2.53. The lowest BCUT2D eigenvalue weighted by atomic mass is 9.84. The van der Waals surface area contributed by atoms with Gasteiger partial charge in [-0.05, 0) is 6.92 Å². The van der Waals surface area contributed by atoms with Gasteiger partial charge < -0.3 is 9.63 Å². The average Bonchev–Trinajstić information content (AvgIpc) is 2.71. The molecular formula is C23H21O3P. The summed E-state index contributed by atoms with van der Waals surface area (Å²) in [6.07, 6.45) is 0. The second kappa shape index (κ2) is 8.77. The summed E-state index contributed by atoms with van der Waals surface area (Å²) in [6.45, 7) is 1.98. The molecule has 4 heteroatoms. The molecule has 3 aromatic rings. The van der Waals surface area contributed by atoms with Crippen LogP contribution in [0.1, 0.15) is 23.6 Å². The van der Waals surface area contributed by atoms with Gasteiger partial charge in [-0.25, -0.2) is 4.79 Å². The Bertz CT molecular complexity index is 809. The van der Waals surface area contributed by atoms with Crippen LogP contribution in [-0.4, -0.2) is 18.4 Å². The van der Waals surface area contributed by atoms with Gasteiger partial charge in [0.25, 0.3) is 0 Å². The number of esters is 1. The molecule has 0 spiro atoms. The summed E-state index contributed by atoms with van der Waals surface area (Å²) in [7, 11) is -2.16. The second-order valence-electron chi connectivity index (χ2n) is 6.02. The molecule has 0 radical (unpaired) electrons. The molecule has 0 aliphatic carbocycles. The van der Waals surface area contributed by atoms with Gasteiger partial charge in [0.15, 0.2) is 11.0 Å². The summed E-state index contributed by atoms with van der Waals surface area (Å²) in [4.78, 5) is 25.9. The Balaban J connectivity index is 2.35. The maximum Gasteiger partial charge on any atom is 0.373 e. The molecule has 3 nitrogen and oxygen atoms in total. The molecule has 1 atom stereocenters. The zero-order chi connectivity index (χ0) is 19.1. The van der Waals surface area contributed by atoms with E-state index in [-0.39, 0.29) is 6.61 Å². The van der Waals surface area contributed by atoms with Gasteiger partial charge >= 0.3 is 5.97 Å². The van der Waals surface area contributed by atoms with Crippen molar-refractivity contribution in [2.45, 2.75) is 12.1 Å². The lowest BCUT2D eigenvalue weighted by molar-refractivity contribution is -0.156. The summed E-state index contributed by atoms with van der Waals surface area (Å²) in [5.41, 5.74) is 2.59. The van der Waals surface area contributed by atoms with Gasteiger partial charge in [-0.15, -0.1) is 0 Å². The molecule has 0 heterocycles. The highest BCUT2D eigenvalue weighted by atomic mass is 31.1. The Labute approximate surface area is 160 Å².